The lowest BCUT2D eigenvalue weighted by molar-refractivity contribution is -0.479. The summed E-state index contributed by atoms with van der Waals surface area (Å²) in [5.74, 6) is 2.37. The zero-order chi connectivity index (χ0) is 10.9. The molecule has 14 heavy (non-hydrogen) atoms. The van der Waals surface area contributed by atoms with E-state index in [0.29, 0.717) is 0 Å². The van der Waals surface area contributed by atoms with Crippen LogP contribution < -0.4 is 0 Å². The maximum atomic E-state index is 2.62. The largest absolute Gasteiger partial charge is 0.233 e. The third kappa shape index (κ3) is 2.59. The van der Waals surface area contributed by atoms with Gasteiger partial charge in [-0.2, -0.15) is 0 Å². The summed E-state index contributed by atoms with van der Waals surface area (Å²) in [7, 11) is 0. The van der Waals surface area contributed by atoms with Crippen molar-refractivity contribution in [2.75, 3.05) is 6.54 Å². The number of hydrogen-bond donors (Lipinski definition) is 0. The molecule has 1 rings (SSSR count). The van der Waals surface area contributed by atoms with Gasteiger partial charge in [0, 0.05) is 18.3 Å². The van der Waals surface area contributed by atoms with Crippen molar-refractivity contribution in [2.24, 2.45) is 17.8 Å². The molecule has 1 aliphatic rings. The van der Waals surface area contributed by atoms with Crippen LogP contribution in [0.25, 0.3) is 0 Å². The minimum Gasteiger partial charge on any atom is -0.218 e. The van der Waals surface area contributed by atoms with Crippen LogP contribution >= 0.6 is 0 Å². The predicted molar refractivity (Wildman–Crippen MR) is 63.1 cm³/mol. The lowest BCUT2D eigenvalue weighted by Crippen LogP contribution is -2.14. The van der Waals surface area contributed by atoms with Gasteiger partial charge >= 0.3 is 0 Å². The normalized spacial score (nSPS) is 21.6. The van der Waals surface area contributed by atoms with Crippen molar-refractivity contribution < 1.29 is 4.58 Å². The Kier molecular flexibility index (Phi) is 3.74. The average Bonchev–Trinajstić information content (AvgIpc) is 2.74. The molecule has 0 aromatic rings. The van der Waals surface area contributed by atoms with Crippen molar-refractivity contribution in [1.82, 2.24) is 0 Å². The Labute approximate surface area is 89.2 Å². The molecule has 1 atom stereocenters. The van der Waals surface area contributed by atoms with E-state index in [1.54, 1.807) is 5.71 Å². The van der Waals surface area contributed by atoms with Gasteiger partial charge in [-0.3, -0.25) is 0 Å². The minimum atomic E-state index is 0.745. The molecule has 0 radical (unpaired) electrons. The van der Waals surface area contributed by atoms with Gasteiger partial charge in [0.25, 0.3) is 0 Å². The summed E-state index contributed by atoms with van der Waals surface area (Å²) in [6.07, 6.45) is 1.33. The molecule has 0 N–H and O–H groups in total. The maximum absolute atomic E-state index is 2.62. The van der Waals surface area contributed by atoms with E-state index in [4.69, 9.17) is 0 Å². The first-order valence-electron chi connectivity index (χ1n) is 6.08. The Hall–Kier alpha value is -0.330. The summed E-state index contributed by atoms with van der Waals surface area (Å²) in [5.41, 5.74) is 1.70. The van der Waals surface area contributed by atoms with Crippen LogP contribution in [0.4, 0.5) is 0 Å². The Morgan fingerprint density at radius 1 is 1.07 bits per heavy atom. The van der Waals surface area contributed by atoms with Crippen molar-refractivity contribution in [3.63, 3.8) is 0 Å². The van der Waals surface area contributed by atoms with Gasteiger partial charge in [-0.15, -0.1) is 0 Å². The average molecular weight is 196 g/mol. The molecule has 1 unspecified atom stereocenters. The number of nitrogens with zero attached hydrogens (tertiary/aromatic N) is 1. The molecule has 0 fully saturated rings. The van der Waals surface area contributed by atoms with E-state index in [1.807, 2.05) is 0 Å². The SMILES string of the molecule is CC(C)CC[N+]1=C(C(C)C)C1C(C)C. The minimum absolute atomic E-state index is 0.745. The second-order valence-electron chi connectivity index (χ2n) is 5.64. The van der Waals surface area contributed by atoms with Crippen molar-refractivity contribution in [3.8, 4) is 0 Å². The van der Waals surface area contributed by atoms with Gasteiger partial charge in [-0.25, -0.2) is 4.58 Å². The first kappa shape index (κ1) is 11.7. The lowest BCUT2D eigenvalue weighted by atomic mass is 10.0. The van der Waals surface area contributed by atoms with E-state index < -0.39 is 0 Å². The molecule has 1 aliphatic heterocycles. The molecule has 0 aromatic heterocycles. The first-order valence-corrected chi connectivity index (χ1v) is 6.08. The van der Waals surface area contributed by atoms with Gasteiger partial charge < -0.3 is 0 Å². The van der Waals surface area contributed by atoms with Crippen molar-refractivity contribution in [1.29, 1.82) is 0 Å². The summed E-state index contributed by atoms with van der Waals surface area (Å²) in [5, 5.41) is 0. The standard InChI is InChI=1S/C13H26N/c1-9(2)7-8-14-12(10(3)4)13(14)11(5)6/h9-12H,7-8H2,1-6H3/q+1. The van der Waals surface area contributed by atoms with Gasteiger partial charge in [0.1, 0.15) is 6.54 Å². The molecule has 0 spiro atoms. The number of rotatable bonds is 5. The van der Waals surface area contributed by atoms with E-state index in [0.717, 1.165) is 23.8 Å². The Morgan fingerprint density at radius 3 is 1.93 bits per heavy atom. The number of hydrogen-bond acceptors (Lipinski definition) is 0. The Morgan fingerprint density at radius 2 is 1.64 bits per heavy atom. The lowest BCUT2D eigenvalue weighted by Gasteiger charge is -2.00. The van der Waals surface area contributed by atoms with Crippen LogP contribution in [0.1, 0.15) is 48.0 Å². The fourth-order valence-electron chi connectivity index (χ4n) is 2.31. The van der Waals surface area contributed by atoms with Crippen molar-refractivity contribution >= 4 is 5.71 Å². The molecule has 0 saturated heterocycles. The molecule has 0 aromatic carbocycles. The van der Waals surface area contributed by atoms with E-state index >= 15 is 0 Å². The second kappa shape index (κ2) is 4.46. The smallest absolute Gasteiger partial charge is 0.218 e. The van der Waals surface area contributed by atoms with E-state index in [9.17, 15) is 0 Å². The van der Waals surface area contributed by atoms with Gasteiger partial charge in [0.15, 0.2) is 0 Å². The summed E-state index contributed by atoms with van der Waals surface area (Å²) < 4.78 is 2.62. The highest BCUT2D eigenvalue weighted by molar-refractivity contribution is 5.93. The molecule has 82 valence electrons. The van der Waals surface area contributed by atoms with Crippen LogP contribution in [-0.2, 0) is 0 Å². The molecular formula is C13H26N+. The van der Waals surface area contributed by atoms with E-state index in [1.165, 1.54) is 13.0 Å². The Balaban J connectivity index is 2.49. The van der Waals surface area contributed by atoms with Crippen molar-refractivity contribution in [3.05, 3.63) is 0 Å². The molecule has 0 bridgehead atoms. The zero-order valence-electron chi connectivity index (χ0n) is 10.7. The van der Waals surface area contributed by atoms with Crippen LogP contribution in [0.3, 0.4) is 0 Å². The molecule has 1 heterocycles. The van der Waals surface area contributed by atoms with Gasteiger partial charge in [0.2, 0.25) is 11.8 Å². The summed E-state index contributed by atoms with van der Waals surface area (Å²) in [6, 6.07) is 0.786. The van der Waals surface area contributed by atoms with E-state index in [-0.39, 0.29) is 0 Å². The fraction of sp³-hybridized carbons (Fsp3) is 0.923. The molecule has 1 nitrogen and oxygen atoms in total. The van der Waals surface area contributed by atoms with Gasteiger partial charge in [0.05, 0.1) is 0 Å². The topological polar surface area (TPSA) is 3.01 Å². The summed E-state index contributed by atoms with van der Waals surface area (Å²) in [4.78, 5) is 0. The van der Waals surface area contributed by atoms with Crippen LogP contribution in [0.2, 0.25) is 0 Å². The third-order valence-corrected chi connectivity index (χ3v) is 3.07. The highest BCUT2D eigenvalue weighted by Crippen LogP contribution is 2.26. The second-order valence-corrected chi connectivity index (χ2v) is 5.64. The van der Waals surface area contributed by atoms with E-state index in [2.05, 4.69) is 46.1 Å². The predicted octanol–water partition coefficient (Wildman–Crippen LogP) is 3.18. The first-order chi connectivity index (χ1) is 6.45. The molecule has 0 saturated carbocycles. The Bertz CT molecular complexity index is 223. The highest BCUT2D eigenvalue weighted by atomic mass is 15.2. The summed E-state index contributed by atoms with van der Waals surface area (Å²) in [6.45, 7) is 15.2. The van der Waals surface area contributed by atoms with Crippen LogP contribution in [0, 0.1) is 17.8 Å². The van der Waals surface area contributed by atoms with Crippen molar-refractivity contribution in [2.45, 2.75) is 54.0 Å². The van der Waals surface area contributed by atoms with Gasteiger partial charge in [-0.05, 0) is 5.92 Å². The van der Waals surface area contributed by atoms with Gasteiger partial charge in [-0.1, -0.05) is 41.5 Å². The molecule has 0 amide bonds. The molecule has 0 aliphatic carbocycles. The maximum Gasteiger partial charge on any atom is 0.233 e. The molecular weight excluding hydrogens is 170 g/mol. The third-order valence-electron chi connectivity index (χ3n) is 3.07. The highest BCUT2D eigenvalue weighted by Gasteiger charge is 2.50. The summed E-state index contributed by atoms with van der Waals surface area (Å²) >= 11 is 0. The monoisotopic (exact) mass is 196 g/mol. The van der Waals surface area contributed by atoms with Crippen LogP contribution in [0.5, 0.6) is 0 Å². The quantitative estimate of drug-likeness (QED) is 0.594. The fourth-order valence-corrected chi connectivity index (χ4v) is 2.31. The van der Waals surface area contributed by atoms with Crippen LogP contribution in [-0.4, -0.2) is 22.9 Å². The molecule has 1 heteroatoms. The van der Waals surface area contributed by atoms with Crippen LogP contribution in [0.15, 0.2) is 0 Å². The zero-order valence-corrected chi connectivity index (χ0v) is 10.7.